The molecular weight excluding hydrogens is 979 g/mol. The second-order valence-electron chi connectivity index (χ2n) is 19.9. The molecule has 0 unspecified atom stereocenters. The molecule has 14 nitrogen and oxygen atoms in total. The number of nitrogens with zero attached hydrogens (tertiary/aromatic N) is 10. The van der Waals surface area contributed by atoms with Crippen LogP contribution < -0.4 is 0 Å². The molecule has 2 saturated carbocycles. The fraction of sp³-hybridized carbons (Fsp3) is 0.286. The quantitative estimate of drug-likeness (QED) is 0.120. The Labute approximate surface area is 431 Å². The summed E-state index contributed by atoms with van der Waals surface area (Å²) in [4.78, 5) is 38.6. The van der Waals surface area contributed by atoms with Crippen molar-refractivity contribution >= 4 is 45.3 Å². The maximum absolute atomic E-state index is 14.3. The lowest BCUT2D eigenvalue weighted by molar-refractivity contribution is 0.0791. The Morgan fingerprint density at radius 1 is 0.635 bits per heavy atom. The summed E-state index contributed by atoms with van der Waals surface area (Å²) in [5.74, 6) is -0.720. The third-order valence-electron chi connectivity index (χ3n) is 15.0. The maximum atomic E-state index is 14.3. The molecule has 2 aromatic carbocycles. The van der Waals surface area contributed by atoms with Gasteiger partial charge in [0.05, 0.1) is 63.6 Å². The van der Waals surface area contributed by atoms with Crippen LogP contribution >= 0.6 is 11.8 Å². The van der Waals surface area contributed by atoms with E-state index in [1.165, 1.54) is 41.3 Å². The van der Waals surface area contributed by atoms with Crippen LogP contribution in [0.3, 0.4) is 0 Å². The smallest absolute Gasteiger partial charge is 0.191 e. The van der Waals surface area contributed by atoms with E-state index in [1.807, 2.05) is 73.1 Å². The van der Waals surface area contributed by atoms with Gasteiger partial charge in [-0.1, -0.05) is 11.1 Å². The number of rotatable bonds is 10. The Hall–Kier alpha value is -7.44. The van der Waals surface area contributed by atoms with Crippen molar-refractivity contribution in [1.29, 1.82) is 0 Å². The number of pyridine rings is 2. The Morgan fingerprint density at radius 3 is 1.62 bits per heavy atom. The van der Waals surface area contributed by atoms with Crippen LogP contribution in [0.25, 0.3) is 23.5 Å². The van der Waals surface area contributed by atoms with E-state index >= 15 is 0 Å². The van der Waals surface area contributed by atoms with E-state index in [9.17, 15) is 26.8 Å². The molecule has 74 heavy (non-hydrogen) atoms. The van der Waals surface area contributed by atoms with E-state index < -0.39 is 25.9 Å². The van der Waals surface area contributed by atoms with Gasteiger partial charge in [0, 0.05) is 49.0 Å². The molecule has 4 aliphatic rings. The van der Waals surface area contributed by atoms with E-state index in [4.69, 9.17) is 0 Å². The molecule has 0 spiro atoms. The third-order valence-corrected chi connectivity index (χ3v) is 18.3. The van der Waals surface area contributed by atoms with E-state index in [0.717, 1.165) is 74.6 Å². The summed E-state index contributed by atoms with van der Waals surface area (Å²) in [5, 5.41) is 17.1. The molecule has 0 aliphatic heterocycles. The SMILES string of the molecule is Cc1ccnc(C(=O)[C@]23Cc4cnn(-c5ccc(F)cc5)c4C=C2CC[C@H](S(=O)(=O)c2cnn(C)c2)C3)c1.Cc1ccnc(C(=O)[C@]23Cc4cnn(-c5ccc(F)cc5)c4C=C2CC[C@H](Sc2cnn(C)c2)C3)c1. The van der Waals surface area contributed by atoms with Gasteiger partial charge in [-0.05, 0) is 172 Å². The first-order chi connectivity index (χ1) is 35.6. The fourth-order valence-corrected chi connectivity index (χ4v) is 14.4. The molecule has 2 fully saturated rings. The zero-order chi connectivity index (χ0) is 51.5. The number of carbonyl (C=O) groups excluding carboxylic acids is 2. The Morgan fingerprint density at radius 2 is 1.14 bits per heavy atom. The van der Waals surface area contributed by atoms with Gasteiger partial charge in [-0.3, -0.25) is 28.9 Å². The van der Waals surface area contributed by atoms with Gasteiger partial charge in [0.25, 0.3) is 0 Å². The van der Waals surface area contributed by atoms with Gasteiger partial charge in [0.1, 0.15) is 27.9 Å². The average Bonchev–Trinajstić information content (AvgIpc) is 4.22. The standard InChI is InChI=1S/C28H26FN5O3S.C28H26FN5OS/c1-18-9-10-30-25(11-18)27(35)28-13-19-15-32-34(22-6-4-21(29)5-7-22)26(19)12-20(28)3-8-23(14-28)38(36,37)24-16-31-33(2)17-24;1-18-9-10-30-25(11-18)27(35)28-13-19-15-32-34(22-6-4-21(29)5-7-22)26(19)12-20(28)3-8-23(14-28)36-24-16-31-33(2)17-24/h4-7,9-12,15-17,23H,3,8,13-14H2,1-2H3;4-7,9-12,15-17,23H,3,8,13-14H2,1-2H3/t2*23-,28-/m00/s1. The van der Waals surface area contributed by atoms with Crippen LogP contribution in [0.15, 0.2) is 143 Å². The minimum absolute atomic E-state index is 0.0779. The highest BCUT2D eigenvalue weighted by Crippen LogP contribution is 2.54. The summed E-state index contributed by atoms with van der Waals surface area (Å²) >= 11 is 1.80. The van der Waals surface area contributed by atoms with Crippen LogP contribution in [-0.4, -0.2) is 79.6 Å². The van der Waals surface area contributed by atoms with Gasteiger partial charge in [-0.15, -0.1) is 11.8 Å². The molecule has 4 aliphatic carbocycles. The van der Waals surface area contributed by atoms with Crippen molar-refractivity contribution in [2.75, 3.05) is 0 Å². The number of aryl methyl sites for hydroxylation is 4. The predicted octanol–water partition coefficient (Wildman–Crippen LogP) is 9.89. The van der Waals surface area contributed by atoms with Gasteiger partial charge in [-0.25, -0.2) is 26.6 Å². The fourth-order valence-electron chi connectivity index (χ4n) is 11.3. The molecule has 8 aromatic rings. The summed E-state index contributed by atoms with van der Waals surface area (Å²) in [5.41, 5.74) is 8.19. The molecular formula is C56H52F2N10O4S2. The first-order valence-electron chi connectivity index (χ1n) is 24.5. The molecule has 0 bridgehead atoms. The summed E-state index contributed by atoms with van der Waals surface area (Å²) in [7, 11) is -0.117. The summed E-state index contributed by atoms with van der Waals surface area (Å²) in [6, 6.07) is 19.8. The number of halogens is 2. The first kappa shape index (κ1) is 48.8. The molecule has 0 N–H and O–H groups in total. The van der Waals surface area contributed by atoms with Crippen molar-refractivity contribution < 1.29 is 26.8 Å². The maximum Gasteiger partial charge on any atom is 0.191 e. The van der Waals surface area contributed by atoms with E-state index in [-0.39, 0.29) is 39.8 Å². The molecule has 0 amide bonds. The molecule has 12 rings (SSSR count). The summed E-state index contributed by atoms with van der Waals surface area (Å²) in [6.07, 6.45) is 22.2. The molecule has 4 atom stereocenters. The number of hydrogen-bond donors (Lipinski definition) is 0. The number of benzene rings is 2. The van der Waals surface area contributed by atoms with Crippen LogP contribution in [-0.2, 0) is 36.8 Å². The molecule has 6 aromatic heterocycles. The van der Waals surface area contributed by atoms with E-state index in [2.05, 4.69) is 36.4 Å². The van der Waals surface area contributed by atoms with Gasteiger partial charge < -0.3 is 0 Å². The first-order valence-corrected chi connectivity index (χ1v) is 26.9. The number of ketones is 2. The van der Waals surface area contributed by atoms with Crippen molar-refractivity contribution in [1.82, 2.24) is 49.1 Å². The highest BCUT2D eigenvalue weighted by molar-refractivity contribution is 8.00. The van der Waals surface area contributed by atoms with Crippen LogP contribution in [0, 0.1) is 36.3 Å². The number of fused-ring (bicyclic) bond motifs is 4. The molecule has 6 heterocycles. The highest BCUT2D eigenvalue weighted by atomic mass is 32.2. The molecule has 0 saturated heterocycles. The zero-order valence-corrected chi connectivity index (χ0v) is 42.8. The lowest BCUT2D eigenvalue weighted by atomic mass is 9.61. The Balaban J connectivity index is 0.000000159. The number of thioether (sulfide) groups is 1. The Kier molecular flexibility index (Phi) is 12.6. The van der Waals surface area contributed by atoms with Gasteiger partial charge >= 0.3 is 0 Å². The minimum Gasteiger partial charge on any atom is -0.291 e. The lowest BCUT2D eigenvalue weighted by Gasteiger charge is -2.43. The van der Waals surface area contributed by atoms with Crippen LogP contribution in [0.4, 0.5) is 8.78 Å². The molecule has 18 heteroatoms. The third kappa shape index (κ3) is 8.97. The molecule has 0 radical (unpaired) electrons. The summed E-state index contributed by atoms with van der Waals surface area (Å²) in [6.45, 7) is 3.88. The van der Waals surface area contributed by atoms with Crippen LogP contribution in [0.2, 0.25) is 0 Å². The molecule has 376 valence electrons. The minimum atomic E-state index is -3.71. The number of allylic oxidation sites excluding steroid dienone is 2. The number of aromatic nitrogens is 10. The second-order valence-corrected chi connectivity index (χ2v) is 23.5. The monoisotopic (exact) mass is 1030 g/mol. The number of Topliss-reactive ketones (excluding diaryl/α,β-unsaturated/α-hetero) is 2. The van der Waals surface area contributed by atoms with Crippen LogP contribution in [0.1, 0.15) is 93.1 Å². The van der Waals surface area contributed by atoms with Gasteiger partial charge in [-0.2, -0.15) is 20.4 Å². The van der Waals surface area contributed by atoms with E-state index in [0.29, 0.717) is 42.8 Å². The summed E-state index contributed by atoms with van der Waals surface area (Å²) < 4.78 is 61.2. The van der Waals surface area contributed by atoms with Crippen molar-refractivity contribution in [2.45, 2.75) is 85.5 Å². The number of sulfone groups is 1. The topological polar surface area (TPSA) is 165 Å². The lowest BCUT2D eigenvalue weighted by Crippen LogP contribution is -2.45. The normalized spacial score (nSPS) is 20.9. The van der Waals surface area contributed by atoms with Crippen molar-refractivity contribution in [2.24, 2.45) is 24.9 Å². The van der Waals surface area contributed by atoms with E-state index in [1.54, 1.807) is 72.4 Å². The zero-order valence-electron chi connectivity index (χ0n) is 41.2. The second kappa shape index (κ2) is 19.1. The average molecular weight is 1030 g/mol. The largest absolute Gasteiger partial charge is 0.291 e. The van der Waals surface area contributed by atoms with Gasteiger partial charge in [0.15, 0.2) is 21.4 Å². The number of carbonyl (C=O) groups is 2. The van der Waals surface area contributed by atoms with Gasteiger partial charge in [0.2, 0.25) is 0 Å². The van der Waals surface area contributed by atoms with Crippen molar-refractivity contribution in [3.8, 4) is 11.4 Å². The predicted molar refractivity (Wildman–Crippen MR) is 277 cm³/mol. The van der Waals surface area contributed by atoms with Crippen molar-refractivity contribution in [3.05, 3.63) is 190 Å². The Bertz CT molecular complexity index is 3670. The van der Waals surface area contributed by atoms with Crippen molar-refractivity contribution in [3.63, 3.8) is 0 Å². The highest BCUT2D eigenvalue weighted by Gasteiger charge is 2.53. The number of hydrogen-bond acceptors (Lipinski definition) is 11. The van der Waals surface area contributed by atoms with Crippen LogP contribution in [0.5, 0.6) is 0 Å².